The molecule has 0 fully saturated rings. The molecule has 7 heteroatoms. The Morgan fingerprint density at radius 1 is 1.47 bits per heavy atom. The lowest BCUT2D eigenvalue weighted by atomic mass is 10.2. The number of rotatable bonds is 6. The molecule has 0 aliphatic heterocycles. The van der Waals surface area contributed by atoms with Gasteiger partial charge in [-0.1, -0.05) is 6.92 Å². The van der Waals surface area contributed by atoms with Crippen molar-refractivity contribution in [2.24, 2.45) is 0 Å². The van der Waals surface area contributed by atoms with E-state index in [0.29, 0.717) is 12.1 Å². The summed E-state index contributed by atoms with van der Waals surface area (Å²) < 4.78 is 26.1. The van der Waals surface area contributed by atoms with Crippen LogP contribution in [0.1, 0.15) is 18.9 Å². The number of nitriles is 1. The second-order valence-electron chi connectivity index (χ2n) is 3.94. The highest BCUT2D eigenvalue weighted by Crippen LogP contribution is 2.22. The highest BCUT2D eigenvalue weighted by Gasteiger charge is 2.25. The van der Waals surface area contributed by atoms with Crippen LogP contribution in [0.2, 0.25) is 0 Å². The molecule has 3 N–H and O–H groups in total. The topological polar surface area (TPSA) is 107 Å². The Hall–Kier alpha value is -1.62. The number of hydrogen-bond donors (Lipinski definition) is 2. The standard InChI is InChI=1S/C12H17N3O3S/c1-2-15(6-3-7-16)19(17,18)12-5-4-11(14)8-10(12)9-13/h4-5,8,16H,2-3,6-7,14H2,1H3. The number of aliphatic hydroxyl groups is 1. The van der Waals surface area contributed by atoms with Gasteiger partial charge in [-0.3, -0.25) is 0 Å². The second kappa shape index (κ2) is 6.52. The molecule has 1 aromatic rings. The molecule has 6 nitrogen and oxygen atoms in total. The van der Waals surface area contributed by atoms with Gasteiger partial charge in [0, 0.05) is 25.4 Å². The third kappa shape index (κ3) is 3.44. The summed E-state index contributed by atoms with van der Waals surface area (Å²) in [5.74, 6) is 0. The van der Waals surface area contributed by atoms with Crippen molar-refractivity contribution < 1.29 is 13.5 Å². The van der Waals surface area contributed by atoms with E-state index in [1.165, 1.54) is 22.5 Å². The van der Waals surface area contributed by atoms with Crippen molar-refractivity contribution in [3.05, 3.63) is 23.8 Å². The van der Waals surface area contributed by atoms with Crippen molar-refractivity contribution in [2.45, 2.75) is 18.2 Å². The number of sulfonamides is 1. The van der Waals surface area contributed by atoms with Crippen LogP contribution in [0.25, 0.3) is 0 Å². The fourth-order valence-corrected chi connectivity index (χ4v) is 3.30. The first-order valence-electron chi connectivity index (χ1n) is 5.88. The van der Waals surface area contributed by atoms with Gasteiger partial charge in [-0.15, -0.1) is 0 Å². The molecule has 0 spiro atoms. The van der Waals surface area contributed by atoms with E-state index in [1.807, 2.05) is 6.07 Å². The van der Waals surface area contributed by atoms with E-state index in [4.69, 9.17) is 16.1 Å². The summed E-state index contributed by atoms with van der Waals surface area (Å²) in [5, 5.41) is 17.8. The summed E-state index contributed by atoms with van der Waals surface area (Å²) >= 11 is 0. The van der Waals surface area contributed by atoms with E-state index in [-0.39, 0.29) is 30.2 Å². The molecule has 0 aliphatic rings. The van der Waals surface area contributed by atoms with Crippen LogP contribution in [-0.2, 0) is 10.0 Å². The van der Waals surface area contributed by atoms with Crippen molar-refractivity contribution in [3.63, 3.8) is 0 Å². The molecule has 0 radical (unpaired) electrons. The van der Waals surface area contributed by atoms with Gasteiger partial charge in [0.2, 0.25) is 10.0 Å². The highest BCUT2D eigenvalue weighted by molar-refractivity contribution is 7.89. The average Bonchev–Trinajstić information content (AvgIpc) is 2.38. The van der Waals surface area contributed by atoms with Crippen molar-refractivity contribution in [1.29, 1.82) is 5.26 Å². The number of hydrogen-bond acceptors (Lipinski definition) is 5. The first kappa shape index (κ1) is 15.4. The summed E-state index contributed by atoms with van der Waals surface area (Å²) in [7, 11) is -3.74. The van der Waals surface area contributed by atoms with Crippen molar-refractivity contribution in [3.8, 4) is 6.07 Å². The van der Waals surface area contributed by atoms with Crippen molar-refractivity contribution in [2.75, 3.05) is 25.4 Å². The van der Waals surface area contributed by atoms with Crippen molar-refractivity contribution in [1.82, 2.24) is 4.31 Å². The predicted octanol–water partition coefficient (Wildman–Crippen LogP) is 0.533. The van der Waals surface area contributed by atoms with Crippen LogP contribution in [-0.4, -0.2) is 37.5 Å². The molecule has 0 heterocycles. The minimum Gasteiger partial charge on any atom is -0.399 e. The molecule has 0 bridgehead atoms. The molecule has 1 aromatic carbocycles. The lowest BCUT2D eigenvalue weighted by Gasteiger charge is -2.20. The van der Waals surface area contributed by atoms with Gasteiger partial charge >= 0.3 is 0 Å². The van der Waals surface area contributed by atoms with Crippen LogP contribution in [0.15, 0.2) is 23.1 Å². The van der Waals surface area contributed by atoms with Crippen LogP contribution in [0.5, 0.6) is 0 Å². The molecular formula is C12H17N3O3S. The number of benzene rings is 1. The molecule has 0 saturated carbocycles. The molecule has 104 valence electrons. The summed E-state index contributed by atoms with van der Waals surface area (Å²) in [6.45, 7) is 2.11. The zero-order chi connectivity index (χ0) is 14.5. The molecule has 0 saturated heterocycles. The average molecular weight is 283 g/mol. The third-order valence-corrected chi connectivity index (χ3v) is 4.69. The first-order valence-corrected chi connectivity index (χ1v) is 7.32. The van der Waals surface area contributed by atoms with E-state index in [1.54, 1.807) is 6.92 Å². The van der Waals surface area contributed by atoms with E-state index >= 15 is 0 Å². The van der Waals surface area contributed by atoms with Gasteiger partial charge in [0.25, 0.3) is 0 Å². The van der Waals surface area contributed by atoms with Crippen LogP contribution in [0.3, 0.4) is 0 Å². The molecular weight excluding hydrogens is 266 g/mol. The summed E-state index contributed by atoms with van der Waals surface area (Å²) in [6, 6.07) is 5.97. The normalized spacial score (nSPS) is 11.5. The maximum Gasteiger partial charge on any atom is 0.244 e. The van der Waals surface area contributed by atoms with Gasteiger partial charge in [-0.05, 0) is 24.6 Å². The number of anilines is 1. The summed E-state index contributed by atoms with van der Waals surface area (Å²) in [4.78, 5) is -0.0519. The SMILES string of the molecule is CCN(CCCO)S(=O)(=O)c1ccc(N)cc1C#N. The number of nitrogens with two attached hydrogens (primary N) is 1. The summed E-state index contributed by atoms with van der Waals surface area (Å²) in [6.07, 6.45) is 0.351. The predicted molar refractivity (Wildman–Crippen MR) is 71.7 cm³/mol. The molecule has 0 amide bonds. The number of nitrogen functional groups attached to an aromatic ring is 1. The zero-order valence-electron chi connectivity index (χ0n) is 10.7. The van der Waals surface area contributed by atoms with Gasteiger partial charge in [-0.2, -0.15) is 9.57 Å². The van der Waals surface area contributed by atoms with Crippen LogP contribution >= 0.6 is 0 Å². The fourth-order valence-electron chi connectivity index (χ4n) is 1.69. The van der Waals surface area contributed by atoms with Gasteiger partial charge in [-0.25, -0.2) is 8.42 Å². The molecule has 0 aromatic heterocycles. The third-order valence-electron chi connectivity index (χ3n) is 2.66. The van der Waals surface area contributed by atoms with E-state index in [9.17, 15) is 8.42 Å². The Bertz CT molecular complexity index is 578. The monoisotopic (exact) mass is 283 g/mol. The van der Waals surface area contributed by atoms with Crippen LogP contribution < -0.4 is 5.73 Å². The van der Waals surface area contributed by atoms with Crippen molar-refractivity contribution >= 4 is 15.7 Å². The van der Waals surface area contributed by atoms with Gasteiger partial charge in [0.1, 0.15) is 11.0 Å². The quantitative estimate of drug-likeness (QED) is 0.741. The zero-order valence-corrected chi connectivity index (χ0v) is 11.5. The summed E-state index contributed by atoms with van der Waals surface area (Å²) in [5.41, 5.74) is 5.91. The number of aliphatic hydroxyl groups excluding tert-OH is 1. The number of nitrogens with zero attached hydrogens (tertiary/aromatic N) is 2. The van der Waals surface area contributed by atoms with Crippen LogP contribution in [0.4, 0.5) is 5.69 Å². The van der Waals surface area contributed by atoms with E-state index < -0.39 is 10.0 Å². The molecule has 0 atom stereocenters. The lowest BCUT2D eigenvalue weighted by molar-refractivity contribution is 0.271. The Balaban J connectivity index is 3.22. The molecule has 0 unspecified atom stereocenters. The van der Waals surface area contributed by atoms with Gasteiger partial charge < -0.3 is 10.8 Å². The maximum atomic E-state index is 12.4. The van der Waals surface area contributed by atoms with Crippen LogP contribution in [0, 0.1) is 11.3 Å². The largest absolute Gasteiger partial charge is 0.399 e. The van der Waals surface area contributed by atoms with E-state index in [0.717, 1.165) is 0 Å². The minimum atomic E-state index is -3.74. The fraction of sp³-hybridized carbons (Fsp3) is 0.417. The Labute approximate surface area is 113 Å². The van der Waals surface area contributed by atoms with E-state index in [2.05, 4.69) is 0 Å². The highest BCUT2D eigenvalue weighted by atomic mass is 32.2. The maximum absolute atomic E-state index is 12.4. The second-order valence-corrected chi connectivity index (χ2v) is 5.85. The van der Waals surface area contributed by atoms with Gasteiger partial charge in [0.05, 0.1) is 5.56 Å². The minimum absolute atomic E-state index is 0.0300. The van der Waals surface area contributed by atoms with Gasteiger partial charge in [0.15, 0.2) is 0 Å². The first-order chi connectivity index (χ1) is 8.97. The molecule has 0 aliphatic carbocycles. The molecule has 19 heavy (non-hydrogen) atoms. The Morgan fingerprint density at radius 3 is 2.68 bits per heavy atom. The Kier molecular flexibility index (Phi) is 5.30. The Morgan fingerprint density at radius 2 is 2.16 bits per heavy atom. The smallest absolute Gasteiger partial charge is 0.244 e. The lowest BCUT2D eigenvalue weighted by Crippen LogP contribution is -2.32. The molecule has 1 rings (SSSR count).